The Morgan fingerprint density at radius 2 is 1.43 bits per heavy atom. The lowest BCUT2D eigenvalue weighted by atomic mass is 9.78. The van der Waals surface area contributed by atoms with E-state index in [1.54, 1.807) is 12.1 Å². The summed E-state index contributed by atoms with van der Waals surface area (Å²) in [6, 6.07) is 26.0. The lowest BCUT2D eigenvalue weighted by Gasteiger charge is -2.51. The molecule has 0 spiro atoms. The molecule has 1 aliphatic heterocycles. The second-order valence-electron chi connectivity index (χ2n) is 9.47. The molecule has 0 aliphatic carbocycles. The van der Waals surface area contributed by atoms with Crippen LogP contribution in [0.5, 0.6) is 0 Å². The van der Waals surface area contributed by atoms with Crippen molar-refractivity contribution in [3.8, 4) is 11.1 Å². The molecule has 3 aromatic rings. The van der Waals surface area contributed by atoms with Crippen LogP contribution in [-0.2, 0) is 6.54 Å². The Morgan fingerprint density at radius 3 is 2.07 bits per heavy atom. The summed E-state index contributed by atoms with van der Waals surface area (Å²) in [4.78, 5) is 2.60. The molecule has 0 saturated carbocycles. The van der Waals surface area contributed by atoms with Crippen LogP contribution in [0.25, 0.3) is 16.7 Å². The van der Waals surface area contributed by atoms with E-state index in [-0.39, 0.29) is 16.9 Å². The largest absolute Gasteiger partial charge is 0.285 e. The Bertz CT molecular complexity index is 1050. The van der Waals surface area contributed by atoms with E-state index in [0.29, 0.717) is 0 Å². The molecule has 1 aliphatic rings. The van der Waals surface area contributed by atoms with Crippen molar-refractivity contribution in [3.05, 3.63) is 102 Å². The van der Waals surface area contributed by atoms with E-state index in [0.717, 1.165) is 24.1 Å². The fourth-order valence-corrected chi connectivity index (χ4v) is 4.81. The van der Waals surface area contributed by atoms with Gasteiger partial charge in [0.05, 0.1) is 0 Å². The number of halogens is 1. The molecule has 0 radical (unpaired) electrons. The minimum atomic E-state index is -0.200. The molecule has 0 atom stereocenters. The summed E-state index contributed by atoms with van der Waals surface area (Å²) in [5.41, 5.74) is 5.89. The zero-order valence-electron chi connectivity index (χ0n) is 18.3. The zero-order valence-corrected chi connectivity index (χ0v) is 18.3. The van der Waals surface area contributed by atoms with Crippen molar-refractivity contribution in [2.24, 2.45) is 0 Å². The van der Waals surface area contributed by atoms with Gasteiger partial charge in [-0.3, -0.25) is 4.90 Å². The van der Waals surface area contributed by atoms with Crippen molar-refractivity contribution >= 4 is 5.57 Å². The van der Waals surface area contributed by atoms with E-state index >= 15 is 0 Å². The predicted molar refractivity (Wildman–Crippen MR) is 125 cm³/mol. The van der Waals surface area contributed by atoms with Gasteiger partial charge in [-0.05, 0) is 74.1 Å². The Hall–Kier alpha value is -2.71. The molecule has 4 rings (SSSR count). The van der Waals surface area contributed by atoms with Crippen LogP contribution in [0.1, 0.15) is 45.2 Å². The van der Waals surface area contributed by atoms with Crippen LogP contribution in [0, 0.1) is 5.82 Å². The Morgan fingerprint density at radius 1 is 0.767 bits per heavy atom. The van der Waals surface area contributed by atoms with Gasteiger partial charge < -0.3 is 0 Å². The van der Waals surface area contributed by atoms with E-state index in [1.807, 2.05) is 6.07 Å². The van der Waals surface area contributed by atoms with E-state index in [1.165, 1.54) is 22.8 Å². The first-order valence-electron chi connectivity index (χ1n) is 10.6. The van der Waals surface area contributed by atoms with Crippen molar-refractivity contribution in [2.45, 2.75) is 51.7 Å². The molecule has 0 bridgehead atoms. The van der Waals surface area contributed by atoms with Gasteiger partial charge in [-0.2, -0.15) is 0 Å². The average molecular weight is 400 g/mol. The second-order valence-corrected chi connectivity index (χ2v) is 9.47. The van der Waals surface area contributed by atoms with Crippen molar-refractivity contribution in [2.75, 3.05) is 0 Å². The maximum Gasteiger partial charge on any atom is 0.123 e. The molecular formula is C28H30FN. The van der Waals surface area contributed by atoms with Crippen LogP contribution in [0.2, 0.25) is 0 Å². The molecule has 0 unspecified atom stereocenters. The number of nitrogens with zero attached hydrogens (tertiary/aromatic N) is 1. The highest BCUT2D eigenvalue weighted by atomic mass is 19.1. The molecule has 0 amide bonds. The van der Waals surface area contributed by atoms with E-state index < -0.39 is 0 Å². The monoisotopic (exact) mass is 399 g/mol. The first-order chi connectivity index (χ1) is 14.2. The van der Waals surface area contributed by atoms with Crippen molar-refractivity contribution in [3.63, 3.8) is 0 Å². The topological polar surface area (TPSA) is 3.24 Å². The first kappa shape index (κ1) is 20.6. The van der Waals surface area contributed by atoms with Crippen molar-refractivity contribution in [1.82, 2.24) is 4.90 Å². The number of benzene rings is 3. The molecular weight excluding hydrogens is 369 g/mol. The highest BCUT2D eigenvalue weighted by molar-refractivity contribution is 5.72. The molecule has 0 fully saturated rings. The number of hydrogen-bond donors (Lipinski definition) is 0. The Balaban J connectivity index is 1.62. The van der Waals surface area contributed by atoms with Crippen molar-refractivity contribution < 1.29 is 4.39 Å². The number of rotatable bonds is 4. The van der Waals surface area contributed by atoms with Gasteiger partial charge in [0.25, 0.3) is 0 Å². The van der Waals surface area contributed by atoms with Crippen LogP contribution in [-0.4, -0.2) is 16.0 Å². The molecule has 154 valence electrons. The fourth-order valence-electron chi connectivity index (χ4n) is 4.81. The zero-order chi connectivity index (χ0) is 21.4. The predicted octanol–water partition coefficient (Wildman–Crippen LogP) is 7.34. The highest BCUT2D eigenvalue weighted by Gasteiger charge is 2.41. The third-order valence-corrected chi connectivity index (χ3v) is 6.17. The van der Waals surface area contributed by atoms with Crippen LogP contribution in [0.4, 0.5) is 4.39 Å². The standard InChI is InChI=1S/C28H30FN/c1-27(2)18-25(19-28(3,4)30(27)20-21-9-6-5-7-10-21)23-15-13-22(14-16-23)24-11-8-12-26(29)17-24/h5-18H,19-20H2,1-4H3. The van der Waals surface area contributed by atoms with Gasteiger partial charge in [0.2, 0.25) is 0 Å². The van der Waals surface area contributed by atoms with Crippen LogP contribution in [0.15, 0.2) is 84.9 Å². The van der Waals surface area contributed by atoms with Gasteiger partial charge >= 0.3 is 0 Å². The van der Waals surface area contributed by atoms with E-state index in [2.05, 4.69) is 93.3 Å². The lowest BCUT2D eigenvalue weighted by molar-refractivity contribution is 0.0300. The molecule has 1 nitrogen and oxygen atoms in total. The van der Waals surface area contributed by atoms with Crippen LogP contribution < -0.4 is 0 Å². The summed E-state index contributed by atoms with van der Waals surface area (Å²) in [6.07, 6.45) is 3.40. The van der Waals surface area contributed by atoms with E-state index in [4.69, 9.17) is 0 Å². The maximum absolute atomic E-state index is 13.6. The highest BCUT2D eigenvalue weighted by Crippen LogP contribution is 2.42. The van der Waals surface area contributed by atoms with Gasteiger partial charge in [-0.25, -0.2) is 4.39 Å². The normalized spacial score (nSPS) is 18.1. The minimum Gasteiger partial charge on any atom is -0.285 e. The third-order valence-electron chi connectivity index (χ3n) is 6.17. The maximum atomic E-state index is 13.6. The second kappa shape index (κ2) is 7.85. The van der Waals surface area contributed by atoms with Gasteiger partial charge in [-0.1, -0.05) is 72.8 Å². The summed E-state index contributed by atoms with van der Waals surface area (Å²) in [5, 5.41) is 0. The number of hydrogen-bond acceptors (Lipinski definition) is 1. The van der Waals surface area contributed by atoms with E-state index in [9.17, 15) is 4.39 Å². The summed E-state index contributed by atoms with van der Waals surface area (Å²) in [5.74, 6) is -0.200. The quantitative estimate of drug-likeness (QED) is 0.443. The summed E-state index contributed by atoms with van der Waals surface area (Å²) in [7, 11) is 0. The molecule has 2 heteroatoms. The van der Waals surface area contributed by atoms with Crippen LogP contribution >= 0.6 is 0 Å². The lowest BCUT2D eigenvalue weighted by Crippen LogP contribution is -2.56. The van der Waals surface area contributed by atoms with Gasteiger partial charge in [0, 0.05) is 17.6 Å². The average Bonchev–Trinajstić information content (AvgIpc) is 2.71. The van der Waals surface area contributed by atoms with Gasteiger partial charge in [0.15, 0.2) is 0 Å². The van der Waals surface area contributed by atoms with Gasteiger partial charge in [-0.15, -0.1) is 0 Å². The molecule has 30 heavy (non-hydrogen) atoms. The first-order valence-corrected chi connectivity index (χ1v) is 10.6. The molecule has 0 aromatic heterocycles. The third kappa shape index (κ3) is 4.24. The molecule has 0 saturated heterocycles. The Labute approximate surface area is 179 Å². The fraction of sp³-hybridized carbons (Fsp3) is 0.286. The SMILES string of the molecule is CC1(C)C=C(c2ccc(-c3cccc(F)c3)cc2)CC(C)(C)N1Cc1ccccc1. The Kier molecular flexibility index (Phi) is 5.38. The molecule has 1 heterocycles. The summed E-state index contributed by atoms with van der Waals surface area (Å²) >= 11 is 0. The van der Waals surface area contributed by atoms with Crippen molar-refractivity contribution in [1.29, 1.82) is 0 Å². The van der Waals surface area contributed by atoms with Crippen LogP contribution in [0.3, 0.4) is 0 Å². The van der Waals surface area contributed by atoms with Gasteiger partial charge in [0.1, 0.15) is 5.82 Å². The summed E-state index contributed by atoms with van der Waals surface area (Å²) < 4.78 is 13.6. The minimum absolute atomic E-state index is 0.0324. The smallest absolute Gasteiger partial charge is 0.123 e. The summed E-state index contributed by atoms with van der Waals surface area (Å²) in [6.45, 7) is 10.2. The molecule has 3 aromatic carbocycles. The molecule has 0 N–H and O–H groups in total.